The summed E-state index contributed by atoms with van der Waals surface area (Å²) < 4.78 is 5.57. The van der Waals surface area contributed by atoms with Gasteiger partial charge in [0.15, 0.2) is 11.0 Å². The third kappa shape index (κ3) is 4.26. The number of anilines is 1. The number of ether oxygens (including phenoxy) is 1. The van der Waals surface area contributed by atoms with E-state index in [1.54, 1.807) is 19.4 Å². The van der Waals surface area contributed by atoms with Crippen molar-refractivity contribution >= 4 is 29.2 Å². The summed E-state index contributed by atoms with van der Waals surface area (Å²) in [5.74, 6) is -1.18. The predicted octanol–water partition coefficient (Wildman–Crippen LogP) is 1.74. The zero-order valence-electron chi connectivity index (χ0n) is 15.6. The Kier molecular flexibility index (Phi) is 6.15. The second-order valence-corrected chi connectivity index (χ2v) is 6.89. The summed E-state index contributed by atoms with van der Waals surface area (Å²) in [5.41, 5.74) is 1.55. The van der Waals surface area contributed by atoms with Gasteiger partial charge in [-0.25, -0.2) is 9.78 Å². The summed E-state index contributed by atoms with van der Waals surface area (Å²) >= 11 is 6.01. The number of aryl methyl sites for hydroxylation is 1. The number of amides is 1. The van der Waals surface area contributed by atoms with Crippen molar-refractivity contribution < 1.29 is 19.4 Å². The monoisotopic (exact) mass is 407 g/mol. The molecule has 28 heavy (non-hydrogen) atoms. The fourth-order valence-corrected chi connectivity index (χ4v) is 3.50. The first kappa shape index (κ1) is 20.1. The van der Waals surface area contributed by atoms with Gasteiger partial charge in [0.2, 0.25) is 0 Å². The molecule has 3 rings (SSSR count). The van der Waals surface area contributed by atoms with E-state index in [0.29, 0.717) is 36.8 Å². The van der Waals surface area contributed by atoms with Crippen LogP contribution in [0.4, 0.5) is 5.69 Å². The van der Waals surface area contributed by atoms with Gasteiger partial charge in [-0.1, -0.05) is 18.5 Å². The van der Waals surface area contributed by atoms with Crippen LogP contribution < -0.4 is 10.2 Å². The number of hydrogen-bond acceptors (Lipinski definition) is 6. The maximum Gasteiger partial charge on any atom is 0.337 e. The number of carbonyl (C=O) groups excluding carboxylic acids is 1. The number of carboxylic acids is 1. The molecule has 1 aliphatic heterocycles. The third-order valence-corrected chi connectivity index (χ3v) is 5.12. The van der Waals surface area contributed by atoms with Crippen molar-refractivity contribution in [1.29, 1.82) is 0 Å². The van der Waals surface area contributed by atoms with Gasteiger partial charge in [-0.05, 0) is 18.9 Å². The zero-order valence-corrected chi connectivity index (χ0v) is 16.4. The van der Waals surface area contributed by atoms with Crippen molar-refractivity contribution in [3.8, 4) is 0 Å². The summed E-state index contributed by atoms with van der Waals surface area (Å²) in [7, 11) is 1.58. The standard InChI is InChI=1S/C18H22ClN5O4/c1-3-12-15(19)23-16(21-12)17(25)22-13-4-5-24(9-14(13)28-2)11-6-10(18(26)27)7-20-8-11/h6-8,13-14H,3-5,9H2,1-2H3,(H,21,23)(H,22,25)(H,26,27)/t13?,14-/m0/s1. The van der Waals surface area contributed by atoms with Crippen LogP contribution in [0.1, 0.15) is 40.0 Å². The van der Waals surface area contributed by atoms with Crippen molar-refractivity contribution in [2.45, 2.75) is 31.9 Å². The van der Waals surface area contributed by atoms with E-state index < -0.39 is 5.97 Å². The summed E-state index contributed by atoms with van der Waals surface area (Å²) in [5, 5.41) is 12.4. The summed E-state index contributed by atoms with van der Waals surface area (Å²) in [6.45, 7) is 3.03. The third-order valence-electron chi connectivity index (χ3n) is 4.81. The highest BCUT2D eigenvalue weighted by Gasteiger charge is 2.32. The highest BCUT2D eigenvalue weighted by Crippen LogP contribution is 2.22. The lowest BCUT2D eigenvalue weighted by molar-refractivity contribution is 0.0538. The number of aromatic carboxylic acids is 1. The van der Waals surface area contributed by atoms with Crippen LogP contribution >= 0.6 is 11.6 Å². The van der Waals surface area contributed by atoms with Gasteiger partial charge in [0.25, 0.3) is 5.91 Å². The molecule has 1 fully saturated rings. The Morgan fingerprint density at radius 2 is 2.25 bits per heavy atom. The normalized spacial score (nSPS) is 19.5. The van der Waals surface area contributed by atoms with E-state index in [2.05, 4.69) is 20.3 Å². The Balaban J connectivity index is 1.68. The van der Waals surface area contributed by atoms with Gasteiger partial charge in [-0.3, -0.25) is 9.78 Å². The van der Waals surface area contributed by atoms with E-state index in [-0.39, 0.29) is 29.4 Å². The minimum atomic E-state index is -1.02. The van der Waals surface area contributed by atoms with Gasteiger partial charge < -0.3 is 25.0 Å². The quantitative estimate of drug-likeness (QED) is 0.666. The first-order valence-electron chi connectivity index (χ1n) is 8.94. The number of methoxy groups -OCH3 is 1. The highest BCUT2D eigenvalue weighted by molar-refractivity contribution is 6.30. The van der Waals surface area contributed by atoms with E-state index >= 15 is 0 Å². The molecule has 2 aromatic rings. The number of halogens is 1. The average Bonchev–Trinajstić information content (AvgIpc) is 3.09. The molecule has 0 aromatic carbocycles. The lowest BCUT2D eigenvalue weighted by Crippen LogP contribution is -2.55. The largest absolute Gasteiger partial charge is 0.478 e. The van der Waals surface area contributed by atoms with E-state index in [9.17, 15) is 9.59 Å². The van der Waals surface area contributed by atoms with Crippen LogP contribution in [0.2, 0.25) is 5.15 Å². The number of aromatic amines is 1. The fraction of sp³-hybridized carbons (Fsp3) is 0.444. The maximum atomic E-state index is 12.5. The van der Waals surface area contributed by atoms with E-state index in [1.165, 1.54) is 6.20 Å². The number of rotatable bonds is 6. The second kappa shape index (κ2) is 8.57. The molecule has 1 unspecified atom stereocenters. The number of piperidine rings is 1. The van der Waals surface area contributed by atoms with Gasteiger partial charge in [0.05, 0.1) is 35.3 Å². The number of nitrogens with one attached hydrogen (secondary N) is 2. The molecule has 1 aliphatic rings. The number of aromatic nitrogens is 3. The van der Waals surface area contributed by atoms with Gasteiger partial charge in [-0.2, -0.15) is 0 Å². The van der Waals surface area contributed by atoms with Crippen LogP contribution in [0, 0.1) is 0 Å². The first-order chi connectivity index (χ1) is 13.4. The molecule has 0 saturated carbocycles. The van der Waals surface area contributed by atoms with Crippen LogP contribution in [0.25, 0.3) is 0 Å². The Hall–Kier alpha value is -2.65. The molecule has 1 saturated heterocycles. The number of pyridine rings is 1. The smallest absolute Gasteiger partial charge is 0.337 e. The Labute approximate surface area is 167 Å². The predicted molar refractivity (Wildman–Crippen MR) is 103 cm³/mol. The maximum absolute atomic E-state index is 12.5. The molecular formula is C18H22ClN5O4. The number of carbonyl (C=O) groups is 2. The summed E-state index contributed by atoms with van der Waals surface area (Å²) in [6.07, 6.45) is 3.93. The molecule has 2 atom stereocenters. The number of hydrogen-bond donors (Lipinski definition) is 3. The number of nitrogens with zero attached hydrogens (tertiary/aromatic N) is 3. The van der Waals surface area contributed by atoms with Crippen LogP contribution in [-0.2, 0) is 11.2 Å². The molecule has 0 spiro atoms. The van der Waals surface area contributed by atoms with Crippen LogP contribution in [-0.4, -0.2) is 64.3 Å². The molecule has 9 nitrogen and oxygen atoms in total. The van der Waals surface area contributed by atoms with E-state index in [4.69, 9.17) is 21.4 Å². The molecule has 10 heteroatoms. The van der Waals surface area contributed by atoms with Crippen molar-refractivity contribution in [2.75, 3.05) is 25.1 Å². The minimum absolute atomic E-state index is 0.128. The molecule has 3 heterocycles. The highest BCUT2D eigenvalue weighted by atomic mass is 35.5. The lowest BCUT2D eigenvalue weighted by atomic mass is 10.0. The molecular weight excluding hydrogens is 386 g/mol. The van der Waals surface area contributed by atoms with E-state index in [1.807, 2.05) is 11.8 Å². The van der Waals surface area contributed by atoms with Gasteiger partial charge >= 0.3 is 5.97 Å². The number of imidazole rings is 1. The van der Waals surface area contributed by atoms with Crippen molar-refractivity contribution in [3.63, 3.8) is 0 Å². The lowest BCUT2D eigenvalue weighted by Gasteiger charge is -2.39. The Morgan fingerprint density at radius 3 is 2.89 bits per heavy atom. The zero-order chi connectivity index (χ0) is 20.3. The van der Waals surface area contributed by atoms with Crippen LogP contribution in [0.5, 0.6) is 0 Å². The van der Waals surface area contributed by atoms with Crippen LogP contribution in [0.3, 0.4) is 0 Å². The molecule has 3 N–H and O–H groups in total. The van der Waals surface area contributed by atoms with Gasteiger partial charge in [0.1, 0.15) is 0 Å². The Bertz CT molecular complexity index is 871. The molecule has 0 bridgehead atoms. The fourth-order valence-electron chi connectivity index (χ4n) is 3.24. The van der Waals surface area contributed by atoms with Crippen LogP contribution in [0.15, 0.2) is 18.5 Å². The Morgan fingerprint density at radius 1 is 1.46 bits per heavy atom. The van der Waals surface area contributed by atoms with Crippen molar-refractivity contribution in [1.82, 2.24) is 20.3 Å². The van der Waals surface area contributed by atoms with Crippen molar-refractivity contribution in [2.24, 2.45) is 0 Å². The summed E-state index contributed by atoms with van der Waals surface area (Å²) in [6, 6.07) is 1.37. The average molecular weight is 408 g/mol. The van der Waals surface area contributed by atoms with E-state index in [0.717, 1.165) is 5.69 Å². The van der Waals surface area contributed by atoms with Gasteiger partial charge in [-0.15, -0.1) is 0 Å². The molecule has 2 aromatic heterocycles. The number of H-pyrrole nitrogens is 1. The summed E-state index contributed by atoms with van der Waals surface area (Å²) in [4.78, 5) is 36.7. The molecule has 0 radical (unpaired) electrons. The topological polar surface area (TPSA) is 120 Å². The molecule has 1 amide bonds. The van der Waals surface area contributed by atoms with Crippen molar-refractivity contribution in [3.05, 3.63) is 40.7 Å². The molecule has 0 aliphatic carbocycles. The SMILES string of the molecule is CCc1[nH]c(C(=O)NC2CCN(c3cncc(C(=O)O)c3)C[C@@H]2OC)nc1Cl. The molecule has 150 valence electrons. The second-order valence-electron chi connectivity index (χ2n) is 6.53. The minimum Gasteiger partial charge on any atom is -0.478 e. The number of carboxylic acid groups (broad SMARTS) is 1. The van der Waals surface area contributed by atoms with Gasteiger partial charge in [0, 0.05) is 26.4 Å². The first-order valence-corrected chi connectivity index (χ1v) is 9.32.